The number of aromatic nitrogens is 2. The molecule has 1 aromatic rings. The highest BCUT2D eigenvalue weighted by Crippen LogP contribution is 1.98. The van der Waals surface area contributed by atoms with Gasteiger partial charge in [0.05, 0.1) is 25.5 Å². The molecular formula is C11H16N2O4. The van der Waals surface area contributed by atoms with Crippen LogP contribution in [0.25, 0.3) is 0 Å². The lowest BCUT2D eigenvalue weighted by Gasteiger charge is -2.07. The van der Waals surface area contributed by atoms with Gasteiger partial charge in [-0.3, -0.25) is 4.79 Å². The van der Waals surface area contributed by atoms with Crippen molar-refractivity contribution < 1.29 is 14.3 Å². The van der Waals surface area contributed by atoms with E-state index in [1.807, 2.05) is 0 Å². The molecule has 0 spiro atoms. The minimum Gasteiger partial charge on any atom is -0.462 e. The number of rotatable bonds is 5. The molecule has 0 unspecified atom stereocenters. The molecule has 0 aliphatic carbocycles. The summed E-state index contributed by atoms with van der Waals surface area (Å²) in [5.41, 5.74) is 0.144. The maximum atomic E-state index is 11.9. The molecule has 1 heterocycles. The predicted molar refractivity (Wildman–Crippen MR) is 61.1 cm³/mol. The van der Waals surface area contributed by atoms with Gasteiger partial charge >= 0.3 is 5.97 Å². The fraction of sp³-hybridized carbons (Fsp3) is 0.545. The summed E-state index contributed by atoms with van der Waals surface area (Å²) in [4.78, 5) is 23.4. The largest absolute Gasteiger partial charge is 0.462 e. The molecule has 0 bridgehead atoms. The van der Waals surface area contributed by atoms with Gasteiger partial charge in [0.25, 0.3) is 5.56 Å². The summed E-state index contributed by atoms with van der Waals surface area (Å²) < 4.78 is 10.9. The average Bonchev–Trinajstić information content (AvgIpc) is 2.30. The lowest BCUT2D eigenvalue weighted by Crippen LogP contribution is -2.31. The van der Waals surface area contributed by atoms with E-state index in [1.54, 1.807) is 13.8 Å². The highest BCUT2D eigenvalue weighted by molar-refractivity contribution is 5.88. The molecule has 0 saturated heterocycles. The maximum Gasteiger partial charge on any atom is 0.343 e. The van der Waals surface area contributed by atoms with Crippen LogP contribution in [0.4, 0.5) is 0 Å². The van der Waals surface area contributed by atoms with Crippen LogP contribution in [0.3, 0.4) is 0 Å². The monoisotopic (exact) mass is 240 g/mol. The maximum absolute atomic E-state index is 11.9. The van der Waals surface area contributed by atoms with Crippen molar-refractivity contribution >= 4 is 5.97 Å². The molecule has 0 N–H and O–H groups in total. The van der Waals surface area contributed by atoms with E-state index >= 15 is 0 Å². The third-order valence-electron chi connectivity index (χ3n) is 2.10. The molecule has 0 saturated carbocycles. The minimum atomic E-state index is -0.617. The molecule has 1 aromatic heterocycles. The number of carbonyl (C=O) groups is 1. The zero-order valence-corrected chi connectivity index (χ0v) is 10.2. The first-order valence-corrected chi connectivity index (χ1v) is 5.35. The zero-order valence-electron chi connectivity index (χ0n) is 10.2. The molecule has 0 atom stereocenters. The first-order valence-electron chi connectivity index (χ1n) is 5.35. The van der Waals surface area contributed by atoms with Gasteiger partial charge in [-0.1, -0.05) is 0 Å². The van der Waals surface area contributed by atoms with Crippen molar-refractivity contribution in [1.82, 2.24) is 9.78 Å². The van der Waals surface area contributed by atoms with Crippen molar-refractivity contribution in [3.8, 4) is 0 Å². The molecule has 0 fully saturated rings. The van der Waals surface area contributed by atoms with E-state index in [2.05, 4.69) is 5.10 Å². The fourth-order valence-electron chi connectivity index (χ4n) is 1.36. The molecule has 17 heavy (non-hydrogen) atoms. The summed E-state index contributed by atoms with van der Waals surface area (Å²) in [5.74, 6) is -0.617. The van der Waals surface area contributed by atoms with E-state index in [4.69, 9.17) is 9.47 Å². The number of esters is 1. The van der Waals surface area contributed by atoms with Gasteiger partial charge in [-0.05, 0) is 19.9 Å². The summed E-state index contributed by atoms with van der Waals surface area (Å²) >= 11 is 0. The lowest BCUT2D eigenvalue weighted by molar-refractivity contribution is 0.0522. The van der Waals surface area contributed by atoms with E-state index in [-0.39, 0.29) is 12.2 Å². The number of hydrogen-bond acceptors (Lipinski definition) is 5. The second-order valence-electron chi connectivity index (χ2n) is 3.44. The van der Waals surface area contributed by atoms with Gasteiger partial charge < -0.3 is 9.47 Å². The van der Waals surface area contributed by atoms with Gasteiger partial charge in [-0.2, -0.15) is 5.10 Å². The molecule has 1 rings (SSSR count). The normalized spacial score (nSPS) is 10.3. The first-order chi connectivity index (χ1) is 8.10. The van der Waals surface area contributed by atoms with Crippen molar-refractivity contribution in [1.29, 1.82) is 0 Å². The number of methoxy groups -OCH3 is 1. The Morgan fingerprint density at radius 1 is 1.53 bits per heavy atom. The van der Waals surface area contributed by atoms with Crippen molar-refractivity contribution in [3.05, 3.63) is 27.7 Å². The molecule has 0 aliphatic rings. The molecule has 94 valence electrons. The first kappa shape index (κ1) is 13.4. The van der Waals surface area contributed by atoms with Gasteiger partial charge in [-0.15, -0.1) is 0 Å². The predicted octanol–water partition coefficient (Wildman–Crippen LogP) is 0.375. The number of hydrogen-bond donors (Lipinski definition) is 0. The SMILES string of the molecule is CCOC(=O)c1cc(C)nn(CCOC)c1=O. The minimum absolute atomic E-state index is 0.00968. The summed E-state index contributed by atoms with van der Waals surface area (Å²) in [6.45, 7) is 4.31. The third-order valence-corrected chi connectivity index (χ3v) is 2.10. The van der Waals surface area contributed by atoms with Gasteiger partial charge in [0.2, 0.25) is 0 Å². The van der Waals surface area contributed by atoms with E-state index in [1.165, 1.54) is 17.9 Å². The molecule has 6 nitrogen and oxygen atoms in total. The summed E-state index contributed by atoms with van der Waals surface area (Å²) in [6, 6.07) is 1.43. The molecule has 0 radical (unpaired) electrons. The Hall–Kier alpha value is -1.69. The number of nitrogens with zero attached hydrogens (tertiary/aromatic N) is 2. The summed E-state index contributed by atoms with van der Waals surface area (Å²) in [5, 5.41) is 4.03. The molecular weight excluding hydrogens is 224 g/mol. The smallest absolute Gasteiger partial charge is 0.343 e. The molecule has 0 amide bonds. The Morgan fingerprint density at radius 3 is 2.82 bits per heavy atom. The molecule has 0 aromatic carbocycles. The van der Waals surface area contributed by atoms with Crippen molar-refractivity contribution in [2.45, 2.75) is 20.4 Å². The average molecular weight is 240 g/mol. The Bertz CT molecular complexity index is 453. The van der Waals surface area contributed by atoms with Crippen molar-refractivity contribution in [3.63, 3.8) is 0 Å². The Morgan fingerprint density at radius 2 is 2.24 bits per heavy atom. The van der Waals surface area contributed by atoms with E-state index < -0.39 is 11.5 Å². The van der Waals surface area contributed by atoms with E-state index in [0.29, 0.717) is 18.8 Å². The fourth-order valence-corrected chi connectivity index (χ4v) is 1.36. The summed E-state index contributed by atoms with van der Waals surface area (Å²) in [7, 11) is 1.53. The van der Waals surface area contributed by atoms with Crippen LogP contribution in [0.5, 0.6) is 0 Å². The number of carbonyl (C=O) groups excluding carboxylic acids is 1. The van der Waals surface area contributed by atoms with Crippen LogP contribution in [0.15, 0.2) is 10.9 Å². The van der Waals surface area contributed by atoms with Gasteiger partial charge in [0, 0.05) is 7.11 Å². The highest BCUT2D eigenvalue weighted by Gasteiger charge is 2.15. The Balaban J connectivity index is 3.10. The lowest BCUT2D eigenvalue weighted by atomic mass is 10.2. The van der Waals surface area contributed by atoms with E-state index in [9.17, 15) is 9.59 Å². The zero-order chi connectivity index (χ0) is 12.8. The number of aryl methyl sites for hydroxylation is 1. The summed E-state index contributed by atoms with van der Waals surface area (Å²) in [6.07, 6.45) is 0. The van der Waals surface area contributed by atoms with Gasteiger partial charge in [0.1, 0.15) is 5.56 Å². The second kappa shape index (κ2) is 6.15. The van der Waals surface area contributed by atoms with Crippen LogP contribution in [0.2, 0.25) is 0 Å². The van der Waals surface area contributed by atoms with E-state index in [0.717, 1.165) is 0 Å². The molecule has 6 heteroatoms. The van der Waals surface area contributed by atoms with Crippen molar-refractivity contribution in [2.75, 3.05) is 20.3 Å². The van der Waals surface area contributed by atoms with Crippen LogP contribution < -0.4 is 5.56 Å². The molecule has 0 aliphatic heterocycles. The second-order valence-corrected chi connectivity index (χ2v) is 3.44. The highest BCUT2D eigenvalue weighted by atomic mass is 16.5. The Kier molecular flexibility index (Phi) is 4.84. The van der Waals surface area contributed by atoms with Gasteiger partial charge in [0.15, 0.2) is 0 Å². The number of ether oxygens (including phenoxy) is 2. The van der Waals surface area contributed by atoms with Crippen LogP contribution in [-0.2, 0) is 16.0 Å². The van der Waals surface area contributed by atoms with Crippen LogP contribution in [0, 0.1) is 6.92 Å². The topological polar surface area (TPSA) is 70.4 Å². The quantitative estimate of drug-likeness (QED) is 0.696. The van der Waals surface area contributed by atoms with Crippen LogP contribution >= 0.6 is 0 Å². The van der Waals surface area contributed by atoms with Gasteiger partial charge in [-0.25, -0.2) is 9.48 Å². The Labute approximate surface area is 99.2 Å². The van der Waals surface area contributed by atoms with Crippen LogP contribution in [0.1, 0.15) is 23.0 Å². The standard InChI is InChI=1S/C11H16N2O4/c1-4-17-11(15)9-7-8(2)12-13(10(9)14)5-6-16-3/h7H,4-6H2,1-3H3. The van der Waals surface area contributed by atoms with Crippen molar-refractivity contribution in [2.24, 2.45) is 0 Å². The van der Waals surface area contributed by atoms with Crippen LogP contribution in [-0.4, -0.2) is 36.1 Å². The third kappa shape index (κ3) is 3.39.